The fourth-order valence-electron chi connectivity index (χ4n) is 2.08. The number of anilines is 1. The van der Waals surface area contributed by atoms with Crippen molar-refractivity contribution in [2.24, 2.45) is 0 Å². The zero-order chi connectivity index (χ0) is 13.0. The summed E-state index contributed by atoms with van der Waals surface area (Å²) in [4.78, 5) is 15.6. The zero-order valence-corrected chi connectivity index (χ0v) is 10.4. The number of piperazine rings is 1. The van der Waals surface area contributed by atoms with Gasteiger partial charge in [0.2, 0.25) is 5.91 Å². The number of carbonyl (C=O) groups excluding carboxylic acids is 1. The molecule has 1 aromatic carbocycles. The summed E-state index contributed by atoms with van der Waals surface area (Å²) in [6.45, 7) is 3.03. The van der Waals surface area contributed by atoms with Gasteiger partial charge in [0.25, 0.3) is 0 Å². The lowest BCUT2D eigenvalue weighted by atomic mass is 10.2. The molecule has 0 saturated carbocycles. The maximum atomic E-state index is 12.8. The summed E-state index contributed by atoms with van der Waals surface area (Å²) < 4.78 is 17.7. The number of hydrogen-bond donors (Lipinski definition) is 0. The molecule has 1 aliphatic rings. The van der Waals surface area contributed by atoms with Gasteiger partial charge in [-0.05, 0) is 24.3 Å². The third-order valence-electron chi connectivity index (χ3n) is 3.09. The molecule has 0 spiro atoms. The van der Waals surface area contributed by atoms with Crippen LogP contribution in [-0.4, -0.2) is 50.7 Å². The summed E-state index contributed by atoms with van der Waals surface area (Å²) in [6, 6.07) is 6.44. The van der Waals surface area contributed by atoms with Gasteiger partial charge in [0.05, 0.1) is 0 Å². The zero-order valence-electron chi connectivity index (χ0n) is 10.4. The average molecular weight is 252 g/mol. The van der Waals surface area contributed by atoms with Crippen molar-refractivity contribution in [1.29, 1.82) is 0 Å². The fraction of sp³-hybridized carbons (Fsp3) is 0.462. The van der Waals surface area contributed by atoms with Gasteiger partial charge in [-0.15, -0.1) is 0 Å². The number of halogens is 1. The minimum absolute atomic E-state index is 0.0243. The van der Waals surface area contributed by atoms with Crippen LogP contribution in [0.25, 0.3) is 0 Å². The highest BCUT2D eigenvalue weighted by atomic mass is 19.1. The minimum atomic E-state index is -0.229. The van der Waals surface area contributed by atoms with Crippen molar-refractivity contribution in [2.45, 2.75) is 0 Å². The van der Waals surface area contributed by atoms with Crippen molar-refractivity contribution in [3.05, 3.63) is 30.1 Å². The largest absolute Gasteiger partial charge is 0.375 e. The number of methoxy groups -OCH3 is 1. The number of nitrogens with zero attached hydrogens (tertiary/aromatic N) is 2. The van der Waals surface area contributed by atoms with Gasteiger partial charge in [0.1, 0.15) is 12.4 Å². The van der Waals surface area contributed by atoms with Crippen molar-refractivity contribution in [3.8, 4) is 0 Å². The Kier molecular flexibility index (Phi) is 4.15. The lowest BCUT2D eigenvalue weighted by molar-refractivity contribution is -0.135. The van der Waals surface area contributed by atoms with Crippen LogP contribution in [0.1, 0.15) is 0 Å². The molecule has 4 nitrogen and oxygen atoms in total. The Morgan fingerprint density at radius 3 is 2.39 bits per heavy atom. The van der Waals surface area contributed by atoms with E-state index in [4.69, 9.17) is 4.74 Å². The molecule has 1 amide bonds. The molecule has 1 fully saturated rings. The van der Waals surface area contributed by atoms with Crippen LogP contribution in [-0.2, 0) is 9.53 Å². The quantitative estimate of drug-likeness (QED) is 0.808. The summed E-state index contributed by atoms with van der Waals surface area (Å²) >= 11 is 0. The van der Waals surface area contributed by atoms with E-state index in [-0.39, 0.29) is 18.3 Å². The molecule has 5 heteroatoms. The molecule has 18 heavy (non-hydrogen) atoms. The highest BCUT2D eigenvalue weighted by Crippen LogP contribution is 2.16. The summed E-state index contributed by atoms with van der Waals surface area (Å²) in [5.74, 6) is -0.205. The van der Waals surface area contributed by atoms with Gasteiger partial charge in [-0.2, -0.15) is 0 Å². The highest BCUT2D eigenvalue weighted by molar-refractivity contribution is 5.77. The standard InChI is InChI=1S/C13H17FN2O2/c1-18-10-13(17)16-8-6-15(7-9-16)12-4-2-11(14)3-5-12/h2-5H,6-10H2,1H3. The number of carbonyl (C=O) groups is 1. The summed E-state index contributed by atoms with van der Waals surface area (Å²) in [7, 11) is 1.52. The Balaban J connectivity index is 1.90. The summed E-state index contributed by atoms with van der Waals surface area (Å²) in [6.07, 6.45) is 0. The number of hydrogen-bond acceptors (Lipinski definition) is 3. The molecule has 0 aliphatic carbocycles. The maximum Gasteiger partial charge on any atom is 0.248 e. The molecular weight excluding hydrogens is 235 g/mol. The molecule has 1 aromatic rings. The van der Waals surface area contributed by atoms with Crippen LogP contribution in [0.15, 0.2) is 24.3 Å². The van der Waals surface area contributed by atoms with Gasteiger partial charge in [-0.25, -0.2) is 4.39 Å². The SMILES string of the molecule is COCC(=O)N1CCN(c2ccc(F)cc2)CC1. The smallest absolute Gasteiger partial charge is 0.248 e. The van der Waals surface area contributed by atoms with E-state index in [1.54, 1.807) is 17.0 Å². The van der Waals surface area contributed by atoms with Gasteiger partial charge in [0, 0.05) is 39.0 Å². The van der Waals surface area contributed by atoms with Crippen LogP contribution in [0.2, 0.25) is 0 Å². The Hall–Kier alpha value is -1.62. The Bertz CT molecular complexity index is 400. The van der Waals surface area contributed by atoms with E-state index < -0.39 is 0 Å². The van der Waals surface area contributed by atoms with E-state index in [9.17, 15) is 9.18 Å². The predicted molar refractivity (Wildman–Crippen MR) is 67.1 cm³/mol. The molecule has 0 atom stereocenters. The minimum Gasteiger partial charge on any atom is -0.375 e. The normalized spacial score (nSPS) is 15.9. The van der Waals surface area contributed by atoms with Crippen LogP contribution in [0.5, 0.6) is 0 Å². The molecular formula is C13H17FN2O2. The van der Waals surface area contributed by atoms with Crippen LogP contribution in [0, 0.1) is 5.82 Å². The van der Waals surface area contributed by atoms with Crippen LogP contribution >= 0.6 is 0 Å². The van der Waals surface area contributed by atoms with Crippen LogP contribution in [0.4, 0.5) is 10.1 Å². The van der Waals surface area contributed by atoms with E-state index in [0.717, 1.165) is 18.8 Å². The monoisotopic (exact) mass is 252 g/mol. The van der Waals surface area contributed by atoms with Crippen molar-refractivity contribution < 1.29 is 13.9 Å². The second kappa shape index (κ2) is 5.82. The Morgan fingerprint density at radius 2 is 1.83 bits per heavy atom. The van der Waals surface area contributed by atoms with E-state index in [1.165, 1.54) is 19.2 Å². The topological polar surface area (TPSA) is 32.8 Å². The Morgan fingerprint density at radius 1 is 1.22 bits per heavy atom. The van der Waals surface area contributed by atoms with Crippen molar-refractivity contribution in [3.63, 3.8) is 0 Å². The lowest BCUT2D eigenvalue weighted by Crippen LogP contribution is -2.49. The van der Waals surface area contributed by atoms with Crippen LogP contribution in [0.3, 0.4) is 0 Å². The highest BCUT2D eigenvalue weighted by Gasteiger charge is 2.20. The first-order valence-corrected chi connectivity index (χ1v) is 5.98. The molecule has 0 radical (unpaired) electrons. The molecule has 0 bridgehead atoms. The van der Waals surface area contributed by atoms with E-state index in [2.05, 4.69) is 4.90 Å². The third-order valence-corrected chi connectivity index (χ3v) is 3.09. The molecule has 1 saturated heterocycles. The van der Waals surface area contributed by atoms with E-state index in [0.29, 0.717) is 13.1 Å². The number of benzene rings is 1. The maximum absolute atomic E-state index is 12.8. The first-order valence-electron chi connectivity index (χ1n) is 5.98. The van der Waals surface area contributed by atoms with Crippen molar-refractivity contribution in [1.82, 2.24) is 4.90 Å². The summed E-state index contributed by atoms with van der Waals surface area (Å²) in [5, 5.41) is 0. The first kappa shape index (κ1) is 12.8. The fourth-order valence-corrected chi connectivity index (χ4v) is 2.08. The second-order valence-corrected chi connectivity index (χ2v) is 4.28. The second-order valence-electron chi connectivity index (χ2n) is 4.28. The van der Waals surface area contributed by atoms with Gasteiger partial charge >= 0.3 is 0 Å². The van der Waals surface area contributed by atoms with Gasteiger partial charge < -0.3 is 14.5 Å². The Labute approximate surface area is 106 Å². The summed E-state index contributed by atoms with van der Waals surface area (Å²) in [5.41, 5.74) is 0.996. The number of rotatable bonds is 3. The van der Waals surface area contributed by atoms with Gasteiger partial charge in [-0.1, -0.05) is 0 Å². The molecule has 0 N–H and O–H groups in total. The number of amides is 1. The van der Waals surface area contributed by atoms with Crippen molar-refractivity contribution in [2.75, 3.05) is 44.8 Å². The molecule has 2 rings (SSSR count). The third kappa shape index (κ3) is 2.98. The number of ether oxygens (including phenoxy) is 1. The lowest BCUT2D eigenvalue weighted by Gasteiger charge is -2.36. The molecule has 0 unspecified atom stereocenters. The van der Waals surface area contributed by atoms with Crippen LogP contribution < -0.4 is 4.90 Å². The van der Waals surface area contributed by atoms with Crippen molar-refractivity contribution >= 4 is 11.6 Å². The van der Waals surface area contributed by atoms with E-state index >= 15 is 0 Å². The molecule has 0 aromatic heterocycles. The molecule has 1 aliphatic heterocycles. The molecule has 98 valence electrons. The molecule has 1 heterocycles. The van der Waals surface area contributed by atoms with Gasteiger partial charge in [-0.3, -0.25) is 4.79 Å². The predicted octanol–water partition coefficient (Wildman–Crippen LogP) is 1.12. The van der Waals surface area contributed by atoms with E-state index in [1.807, 2.05) is 0 Å². The van der Waals surface area contributed by atoms with Gasteiger partial charge in [0.15, 0.2) is 0 Å². The first-order chi connectivity index (χ1) is 8.70. The average Bonchev–Trinajstić information content (AvgIpc) is 2.40.